The Morgan fingerprint density at radius 1 is 1.04 bits per heavy atom. The fraction of sp³-hybridized carbons (Fsp3) is 0.556. The number of piperazine rings is 1. The molecule has 1 atom stereocenters. The van der Waals surface area contributed by atoms with E-state index in [-0.39, 0.29) is 18.0 Å². The second kappa shape index (κ2) is 8.68. The van der Waals surface area contributed by atoms with E-state index in [1.807, 2.05) is 58.9 Å². The summed E-state index contributed by atoms with van der Waals surface area (Å²) in [6, 6.07) is 9.46. The molecule has 3 amide bonds. The monoisotopic (exact) mass is 332 g/mol. The summed E-state index contributed by atoms with van der Waals surface area (Å²) in [4.78, 5) is 30.2. The lowest BCUT2D eigenvalue weighted by Crippen LogP contribution is -2.54. The Kier molecular flexibility index (Phi) is 6.61. The molecule has 0 aliphatic carbocycles. The Labute approximate surface area is 144 Å². The van der Waals surface area contributed by atoms with Crippen LogP contribution < -0.4 is 5.73 Å². The van der Waals surface area contributed by atoms with E-state index in [1.54, 1.807) is 0 Å². The van der Waals surface area contributed by atoms with Crippen molar-refractivity contribution in [2.45, 2.75) is 26.3 Å². The van der Waals surface area contributed by atoms with Crippen LogP contribution in [0.3, 0.4) is 0 Å². The third-order valence-corrected chi connectivity index (χ3v) is 4.56. The van der Waals surface area contributed by atoms with Gasteiger partial charge in [0.05, 0.1) is 0 Å². The molecule has 24 heavy (non-hydrogen) atoms. The van der Waals surface area contributed by atoms with Gasteiger partial charge in [-0.1, -0.05) is 30.3 Å². The maximum Gasteiger partial charge on any atom is 0.320 e. The average Bonchev–Trinajstić information content (AvgIpc) is 2.63. The minimum atomic E-state index is -0.283. The number of carbonyl (C=O) groups is 2. The van der Waals surface area contributed by atoms with Gasteiger partial charge in [-0.25, -0.2) is 4.79 Å². The first-order valence-electron chi connectivity index (χ1n) is 8.69. The smallest absolute Gasteiger partial charge is 0.320 e. The second-order valence-electron chi connectivity index (χ2n) is 6.04. The number of rotatable bonds is 5. The number of nitrogens with zero attached hydrogens (tertiary/aromatic N) is 3. The van der Waals surface area contributed by atoms with E-state index < -0.39 is 0 Å². The molecule has 1 fully saturated rings. The van der Waals surface area contributed by atoms with Gasteiger partial charge >= 0.3 is 6.03 Å². The van der Waals surface area contributed by atoms with E-state index in [1.165, 1.54) is 0 Å². The van der Waals surface area contributed by atoms with Gasteiger partial charge in [-0.15, -0.1) is 0 Å². The van der Waals surface area contributed by atoms with E-state index in [0.29, 0.717) is 45.7 Å². The molecule has 1 saturated heterocycles. The van der Waals surface area contributed by atoms with Gasteiger partial charge in [0, 0.05) is 51.7 Å². The normalized spacial score (nSPS) is 16.0. The number of nitrogens with two attached hydrogens (primary N) is 1. The van der Waals surface area contributed by atoms with Crippen molar-refractivity contribution >= 4 is 11.9 Å². The summed E-state index contributed by atoms with van der Waals surface area (Å²) in [6.07, 6.45) is 0.300. The van der Waals surface area contributed by atoms with Crippen LogP contribution in [0.2, 0.25) is 0 Å². The molecule has 1 unspecified atom stereocenters. The van der Waals surface area contributed by atoms with Crippen molar-refractivity contribution < 1.29 is 9.59 Å². The minimum absolute atomic E-state index is 0.0568. The first-order valence-corrected chi connectivity index (χ1v) is 8.69. The maximum atomic E-state index is 12.4. The van der Waals surface area contributed by atoms with E-state index in [0.717, 1.165) is 5.56 Å². The van der Waals surface area contributed by atoms with Crippen LogP contribution in [0.5, 0.6) is 0 Å². The standard InChI is InChI=1S/C18H28N4O2/c1-3-20(4-2)18(24)22-12-10-21(11-13-22)17(23)14-16(19)15-8-6-5-7-9-15/h5-9,16H,3-4,10-14,19H2,1-2H3. The van der Waals surface area contributed by atoms with Gasteiger partial charge in [0.1, 0.15) is 0 Å². The predicted octanol–water partition coefficient (Wildman–Crippen LogP) is 1.68. The Hall–Kier alpha value is -2.08. The third-order valence-electron chi connectivity index (χ3n) is 4.56. The van der Waals surface area contributed by atoms with Gasteiger partial charge in [-0.3, -0.25) is 4.79 Å². The molecule has 132 valence electrons. The Balaban J connectivity index is 1.83. The zero-order chi connectivity index (χ0) is 17.5. The lowest BCUT2D eigenvalue weighted by atomic mass is 10.0. The predicted molar refractivity (Wildman–Crippen MR) is 94.5 cm³/mol. The number of hydrogen-bond donors (Lipinski definition) is 1. The number of benzene rings is 1. The van der Waals surface area contributed by atoms with Crippen molar-refractivity contribution in [3.05, 3.63) is 35.9 Å². The molecular weight excluding hydrogens is 304 g/mol. The molecular formula is C18H28N4O2. The maximum absolute atomic E-state index is 12.4. The third kappa shape index (κ3) is 4.47. The van der Waals surface area contributed by atoms with Gasteiger partial charge in [-0.05, 0) is 19.4 Å². The number of urea groups is 1. The lowest BCUT2D eigenvalue weighted by molar-refractivity contribution is -0.133. The van der Waals surface area contributed by atoms with Crippen LogP contribution in [-0.4, -0.2) is 65.9 Å². The van der Waals surface area contributed by atoms with Crippen LogP contribution in [0, 0.1) is 0 Å². The molecule has 1 heterocycles. The topological polar surface area (TPSA) is 69.9 Å². The van der Waals surface area contributed by atoms with E-state index in [4.69, 9.17) is 5.73 Å². The highest BCUT2D eigenvalue weighted by atomic mass is 16.2. The van der Waals surface area contributed by atoms with E-state index >= 15 is 0 Å². The van der Waals surface area contributed by atoms with Crippen molar-refractivity contribution in [3.63, 3.8) is 0 Å². The van der Waals surface area contributed by atoms with Crippen LogP contribution in [-0.2, 0) is 4.79 Å². The summed E-state index contributed by atoms with van der Waals surface area (Å²) in [5.74, 6) is 0.0568. The molecule has 1 aromatic rings. The summed E-state index contributed by atoms with van der Waals surface area (Å²) < 4.78 is 0. The molecule has 2 N–H and O–H groups in total. The van der Waals surface area contributed by atoms with Crippen LogP contribution in [0.15, 0.2) is 30.3 Å². The molecule has 0 spiro atoms. The molecule has 0 bridgehead atoms. The van der Waals surface area contributed by atoms with Gasteiger partial charge < -0.3 is 20.4 Å². The quantitative estimate of drug-likeness (QED) is 0.892. The van der Waals surface area contributed by atoms with Crippen LogP contribution >= 0.6 is 0 Å². The van der Waals surface area contributed by atoms with Crippen molar-refractivity contribution in [3.8, 4) is 0 Å². The van der Waals surface area contributed by atoms with Crippen LogP contribution in [0.25, 0.3) is 0 Å². The zero-order valence-electron chi connectivity index (χ0n) is 14.6. The van der Waals surface area contributed by atoms with Gasteiger partial charge in [-0.2, -0.15) is 0 Å². The summed E-state index contributed by atoms with van der Waals surface area (Å²) in [6.45, 7) is 7.70. The molecule has 1 aromatic carbocycles. The first kappa shape index (κ1) is 18.3. The fourth-order valence-corrected chi connectivity index (χ4v) is 2.98. The van der Waals surface area contributed by atoms with E-state index in [9.17, 15) is 9.59 Å². The summed E-state index contributed by atoms with van der Waals surface area (Å²) in [5.41, 5.74) is 7.11. The van der Waals surface area contributed by atoms with Crippen molar-refractivity contribution in [2.24, 2.45) is 5.73 Å². The number of carbonyl (C=O) groups excluding carboxylic acids is 2. The summed E-state index contributed by atoms with van der Waals surface area (Å²) >= 11 is 0. The van der Waals surface area contributed by atoms with E-state index in [2.05, 4.69) is 0 Å². The molecule has 6 nitrogen and oxygen atoms in total. The SMILES string of the molecule is CCN(CC)C(=O)N1CCN(C(=O)CC(N)c2ccccc2)CC1. The average molecular weight is 332 g/mol. The van der Waals surface area contributed by atoms with Crippen molar-refractivity contribution in [1.82, 2.24) is 14.7 Å². The Bertz CT molecular complexity index is 537. The summed E-state index contributed by atoms with van der Waals surface area (Å²) in [7, 11) is 0. The molecule has 0 radical (unpaired) electrons. The Morgan fingerprint density at radius 2 is 1.58 bits per heavy atom. The molecule has 1 aliphatic heterocycles. The zero-order valence-corrected chi connectivity index (χ0v) is 14.6. The minimum Gasteiger partial charge on any atom is -0.339 e. The lowest BCUT2D eigenvalue weighted by Gasteiger charge is -2.37. The molecule has 0 saturated carbocycles. The highest BCUT2D eigenvalue weighted by Crippen LogP contribution is 2.16. The van der Waals surface area contributed by atoms with Crippen molar-refractivity contribution in [2.75, 3.05) is 39.3 Å². The number of amides is 3. The van der Waals surface area contributed by atoms with Crippen molar-refractivity contribution in [1.29, 1.82) is 0 Å². The summed E-state index contributed by atoms with van der Waals surface area (Å²) in [5, 5.41) is 0. The highest BCUT2D eigenvalue weighted by molar-refractivity contribution is 5.78. The van der Waals surface area contributed by atoms with Gasteiger partial charge in [0.2, 0.25) is 5.91 Å². The fourth-order valence-electron chi connectivity index (χ4n) is 2.98. The second-order valence-corrected chi connectivity index (χ2v) is 6.04. The molecule has 6 heteroatoms. The van der Waals surface area contributed by atoms with Crippen LogP contribution in [0.1, 0.15) is 31.9 Å². The number of hydrogen-bond acceptors (Lipinski definition) is 3. The van der Waals surface area contributed by atoms with Gasteiger partial charge in [0.15, 0.2) is 0 Å². The molecule has 1 aliphatic rings. The van der Waals surface area contributed by atoms with Gasteiger partial charge in [0.25, 0.3) is 0 Å². The molecule has 0 aromatic heterocycles. The largest absolute Gasteiger partial charge is 0.339 e. The Morgan fingerprint density at radius 3 is 2.12 bits per heavy atom. The first-order chi connectivity index (χ1) is 11.6. The van der Waals surface area contributed by atoms with Crippen LogP contribution in [0.4, 0.5) is 4.79 Å². The molecule has 2 rings (SSSR count). The highest BCUT2D eigenvalue weighted by Gasteiger charge is 2.26.